The van der Waals surface area contributed by atoms with Crippen molar-refractivity contribution in [3.63, 3.8) is 0 Å². The van der Waals surface area contributed by atoms with Crippen LogP contribution in [0.3, 0.4) is 0 Å². The van der Waals surface area contributed by atoms with Crippen molar-refractivity contribution in [2.75, 3.05) is 0 Å². The van der Waals surface area contributed by atoms with Gasteiger partial charge in [-0.25, -0.2) is 4.68 Å². The topological polar surface area (TPSA) is 106 Å². The smallest absolute Gasteiger partial charge is 0.213 e. The van der Waals surface area contributed by atoms with Gasteiger partial charge in [-0.2, -0.15) is 0 Å². The number of hydrogen-bond donors (Lipinski definition) is 2. The van der Waals surface area contributed by atoms with Crippen molar-refractivity contribution in [3.8, 4) is 0 Å². The van der Waals surface area contributed by atoms with E-state index in [1.54, 1.807) is 11.7 Å². The fourth-order valence-electron chi connectivity index (χ4n) is 1.61. The molecular weight excluding hydrogens is 250 g/mol. The molecule has 7 nitrogen and oxygen atoms in total. The van der Waals surface area contributed by atoms with E-state index in [1.807, 2.05) is 19.9 Å². The Morgan fingerprint density at radius 3 is 2.72 bits per heavy atom. The number of nitrogens with one attached hydrogen (secondary N) is 1. The van der Waals surface area contributed by atoms with Crippen LogP contribution in [0.25, 0.3) is 0 Å². The Balaban J connectivity index is 2.49. The molecule has 0 saturated heterocycles. The summed E-state index contributed by atoms with van der Waals surface area (Å²) in [6.45, 7) is 3.73. The zero-order valence-electron chi connectivity index (χ0n) is 10.3. The van der Waals surface area contributed by atoms with E-state index in [9.17, 15) is 0 Å². The molecule has 0 unspecified atom stereocenters. The minimum absolute atomic E-state index is 0.00220. The molecule has 2 aromatic heterocycles. The van der Waals surface area contributed by atoms with Crippen molar-refractivity contribution < 1.29 is 0 Å². The third kappa shape index (κ3) is 2.33. The highest BCUT2D eigenvalue weighted by atomic mass is 32.2. The molecule has 18 heavy (non-hydrogen) atoms. The molecule has 0 fully saturated rings. The lowest BCUT2D eigenvalue weighted by atomic mass is 10.1. The fraction of sp³-hybridized carbons (Fsp3) is 0.300. The molecule has 8 heteroatoms. The van der Waals surface area contributed by atoms with Crippen molar-refractivity contribution >= 4 is 17.6 Å². The Hall–Kier alpha value is -1.96. The number of rotatable bonds is 3. The number of pyridine rings is 1. The minimum atomic E-state index is -0.00220. The van der Waals surface area contributed by atoms with Gasteiger partial charge in [0.1, 0.15) is 5.84 Å². The maximum atomic E-state index is 7.64. The average molecular weight is 263 g/mol. The first-order valence-electron chi connectivity index (χ1n) is 5.22. The van der Waals surface area contributed by atoms with Crippen LogP contribution < -0.4 is 5.73 Å². The van der Waals surface area contributed by atoms with Gasteiger partial charge in [0.15, 0.2) is 0 Å². The summed E-state index contributed by atoms with van der Waals surface area (Å²) in [5.41, 5.74) is 7.84. The van der Waals surface area contributed by atoms with Gasteiger partial charge in [-0.15, -0.1) is 5.10 Å². The van der Waals surface area contributed by atoms with Crippen LogP contribution in [0, 0.1) is 19.3 Å². The number of tetrazole rings is 1. The molecule has 2 aromatic rings. The molecule has 2 rings (SSSR count). The molecule has 0 aliphatic rings. The summed E-state index contributed by atoms with van der Waals surface area (Å²) in [7, 11) is 1.76. The van der Waals surface area contributed by atoms with E-state index in [2.05, 4.69) is 20.5 Å². The monoisotopic (exact) mass is 263 g/mol. The Morgan fingerprint density at radius 1 is 1.44 bits per heavy atom. The van der Waals surface area contributed by atoms with Crippen LogP contribution in [0.2, 0.25) is 0 Å². The second-order valence-electron chi connectivity index (χ2n) is 3.82. The number of nitrogens with two attached hydrogens (primary N) is 1. The summed E-state index contributed by atoms with van der Waals surface area (Å²) in [6.07, 6.45) is 0. The molecule has 0 aliphatic carbocycles. The normalized spacial score (nSPS) is 10.6. The summed E-state index contributed by atoms with van der Waals surface area (Å²) >= 11 is 1.37. The second kappa shape index (κ2) is 4.73. The molecule has 0 radical (unpaired) electrons. The van der Waals surface area contributed by atoms with E-state index in [0.29, 0.717) is 10.7 Å². The van der Waals surface area contributed by atoms with E-state index in [4.69, 9.17) is 11.1 Å². The van der Waals surface area contributed by atoms with Crippen molar-refractivity contribution in [2.24, 2.45) is 12.8 Å². The predicted molar refractivity (Wildman–Crippen MR) is 67.6 cm³/mol. The van der Waals surface area contributed by atoms with Crippen LogP contribution >= 0.6 is 11.8 Å². The third-order valence-corrected chi connectivity index (χ3v) is 3.41. The van der Waals surface area contributed by atoms with Gasteiger partial charge in [0.05, 0.1) is 5.56 Å². The lowest BCUT2D eigenvalue weighted by molar-refractivity contribution is 0.664. The molecule has 0 amide bonds. The number of aromatic nitrogens is 5. The molecule has 0 bridgehead atoms. The van der Waals surface area contributed by atoms with Crippen LogP contribution in [0.15, 0.2) is 16.1 Å². The first-order valence-corrected chi connectivity index (χ1v) is 6.03. The van der Waals surface area contributed by atoms with Crippen LogP contribution in [-0.2, 0) is 7.05 Å². The van der Waals surface area contributed by atoms with Crippen molar-refractivity contribution in [1.82, 2.24) is 25.2 Å². The second-order valence-corrected chi connectivity index (χ2v) is 4.83. The van der Waals surface area contributed by atoms with Crippen LogP contribution in [0.4, 0.5) is 0 Å². The van der Waals surface area contributed by atoms with Crippen molar-refractivity contribution in [2.45, 2.75) is 23.9 Å². The van der Waals surface area contributed by atoms with Gasteiger partial charge >= 0.3 is 0 Å². The van der Waals surface area contributed by atoms with Gasteiger partial charge < -0.3 is 5.73 Å². The highest BCUT2D eigenvalue weighted by Crippen LogP contribution is 2.29. The Morgan fingerprint density at radius 2 is 2.17 bits per heavy atom. The molecule has 94 valence electrons. The molecule has 0 atom stereocenters. The largest absolute Gasteiger partial charge is 0.384 e. The van der Waals surface area contributed by atoms with Gasteiger partial charge in [0, 0.05) is 23.3 Å². The molecular formula is C10H13N7S. The summed E-state index contributed by atoms with van der Waals surface area (Å²) in [5, 5.41) is 19.5. The van der Waals surface area contributed by atoms with Crippen molar-refractivity contribution in [1.29, 1.82) is 5.41 Å². The Labute approximate surface area is 108 Å². The molecule has 0 saturated carbocycles. The standard InChI is InChI=1S/C10H13N7S/c1-5-4-7(8(9(11)12)6(2)13-5)18-10-14-15-16-17(10)3/h4H,1-3H3,(H3,11,12). The first-order chi connectivity index (χ1) is 8.49. The van der Waals surface area contributed by atoms with Gasteiger partial charge in [-0.3, -0.25) is 10.4 Å². The number of nitrogens with zero attached hydrogens (tertiary/aromatic N) is 5. The first kappa shape index (κ1) is 12.5. The maximum absolute atomic E-state index is 7.64. The number of hydrogen-bond acceptors (Lipinski definition) is 6. The maximum Gasteiger partial charge on any atom is 0.213 e. The van der Waals surface area contributed by atoms with Crippen molar-refractivity contribution in [3.05, 3.63) is 23.0 Å². The molecule has 0 aliphatic heterocycles. The molecule has 0 spiro atoms. The van der Waals surface area contributed by atoms with E-state index < -0.39 is 0 Å². The number of nitrogen functional groups attached to an aromatic ring is 1. The highest BCUT2D eigenvalue weighted by molar-refractivity contribution is 7.99. The van der Waals surface area contributed by atoms with Gasteiger partial charge in [0.2, 0.25) is 5.16 Å². The number of amidine groups is 1. The Bertz CT molecular complexity index is 604. The summed E-state index contributed by atoms with van der Waals surface area (Å²) < 4.78 is 1.57. The quantitative estimate of drug-likeness (QED) is 0.622. The van der Waals surface area contributed by atoms with Gasteiger partial charge in [-0.1, -0.05) is 0 Å². The summed E-state index contributed by atoms with van der Waals surface area (Å²) in [4.78, 5) is 5.15. The van der Waals surface area contributed by atoms with Crippen LogP contribution in [0.5, 0.6) is 0 Å². The van der Waals surface area contributed by atoms with Gasteiger partial charge in [0.25, 0.3) is 0 Å². The van der Waals surface area contributed by atoms with E-state index >= 15 is 0 Å². The Kier molecular flexibility index (Phi) is 3.28. The number of aryl methyl sites for hydroxylation is 3. The highest BCUT2D eigenvalue weighted by Gasteiger charge is 2.15. The fourth-order valence-corrected chi connectivity index (χ4v) is 2.64. The van der Waals surface area contributed by atoms with Gasteiger partial charge in [-0.05, 0) is 42.1 Å². The summed E-state index contributed by atoms with van der Waals surface area (Å²) in [6, 6.07) is 1.88. The molecule has 0 aromatic carbocycles. The molecule has 3 N–H and O–H groups in total. The minimum Gasteiger partial charge on any atom is -0.384 e. The predicted octanol–water partition coefficient (Wildman–Crippen LogP) is 0.657. The molecule has 2 heterocycles. The average Bonchev–Trinajstić information content (AvgIpc) is 2.62. The third-order valence-electron chi connectivity index (χ3n) is 2.34. The lowest BCUT2D eigenvalue weighted by Crippen LogP contribution is -2.15. The van der Waals surface area contributed by atoms with E-state index in [0.717, 1.165) is 16.3 Å². The zero-order valence-corrected chi connectivity index (χ0v) is 11.1. The van der Waals surface area contributed by atoms with Crippen LogP contribution in [-0.4, -0.2) is 31.0 Å². The SMILES string of the molecule is Cc1cc(Sc2nnnn2C)c(C(=N)N)c(C)n1. The lowest BCUT2D eigenvalue weighted by Gasteiger charge is -2.10. The zero-order chi connectivity index (χ0) is 13.3. The summed E-state index contributed by atoms with van der Waals surface area (Å²) in [5.74, 6) is -0.00220. The van der Waals surface area contributed by atoms with E-state index in [1.165, 1.54) is 11.8 Å². The van der Waals surface area contributed by atoms with Crippen LogP contribution in [0.1, 0.15) is 17.0 Å². The van der Waals surface area contributed by atoms with E-state index in [-0.39, 0.29) is 5.84 Å².